The summed E-state index contributed by atoms with van der Waals surface area (Å²) >= 11 is 0. The molecule has 2 amide bonds. The van der Waals surface area contributed by atoms with Gasteiger partial charge >= 0.3 is 0 Å². The van der Waals surface area contributed by atoms with Gasteiger partial charge < -0.3 is 15.4 Å². The SMILES string of the molecule is CC(C(=O)NCC1CCCO1)N1CCN(CC(=O)NC2CC2)CC1. The van der Waals surface area contributed by atoms with E-state index in [0.717, 1.165) is 58.5 Å². The average Bonchev–Trinajstić information content (AvgIpc) is 3.23. The number of carbonyl (C=O) groups excluding carboxylic acids is 2. The molecule has 2 N–H and O–H groups in total. The zero-order valence-corrected chi connectivity index (χ0v) is 14.6. The fraction of sp³-hybridized carbons (Fsp3) is 0.882. The van der Waals surface area contributed by atoms with Crippen LogP contribution in [0.3, 0.4) is 0 Å². The first-order chi connectivity index (χ1) is 11.6. The fourth-order valence-electron chi connectivity index (χ4n) is 3.35. The van der Waals surface area contributed by atoms with E-state index in [1.165, 1.54) is 0 Å². The third-order valence-corrected chi connectivity index (χ3v) is 5.17. The number of hydrogen-bond donors (Lipinski definition) is 2. The standard InChI is InChI=1S/C17H30N4O3/c1-13(17(23)18-11-15-3-2-10-24-15)21-8-6-20(7-9-21)12-16(22)19-14-4-5-14/h13-15H,2-12H2,1H3,(H,18,23)(H,19,22). The Hall–Kier alpha value is -1.18. The lowest BCUT2D eigenvalue weighted by molar-refractivity contribution is -0.128. The van der Waals surface area contributed by atoms with Gasteiger partial charge in [0.05, 0.1) is 18.7 Å². The molecule has 3 rings (SSSR count). The van der Waals surface area contributed by atoms with Gasteiger partial charge in [-0.15, -0.1) is 0 Å². The van der Waals surface area contributed by atoms with E-state index in [9.17, 15) is 9.59 Å². The minimum absolute atomic E-state index is 0.0745. The van der Waals surface area contributed by atoms with Crippen LogP contribution in [0.1, 0.15) is 32.6 Å². The summed E-state index contributed by atoms with van der Waals surface area (Å²) in [6.07, 6.45) is 4.56. The molecule has 3 aliphatic rings. The zero-order valence-electron chi connectivity index (χ0n) is 14.6. The van der Waals surface area contributed by atoms with E-state index in [2.05, 4.69) is 20.4 Å². The lowest BCUT2D eigenvalue weighted by Gasteiger charge is -2.37. The zero-order chi connectivity index (χ0) is 16.9. The van der Waals surface area contributed by atoms with Crippen LogP contribution in [0.25, 0.3) is 0 Å². The Morgan fingerprint density at radius 2 is 1.92 bits per heavy atom. The van der Waals surface area contributed by atoms with Crippen molar-refractivity contribution in [3.63, 3.8) is 0 Å². The Morgan fingerprint density at radius 1 is 1.17 bits per heavy atom. The summed E-state index contributed by atoms with van der Waals surface area (Å²) < 4.78 is 5.54. The molecule has 0 aromatic carbocycles. The minimum atomic E-state index is -0.131. The van der Waals surface area contributed by atoms with Gasteiger partial charge in [0.25, 0.3) is 0 Å². The number of carbonyl (C=O) groups is 2. The highest BCUT2D eigenvalue weighted by atomic mass is 16.5. The van der Waals surface area contributed by atoms with Crippen LogP contribution in [0.15, 0.2) is 0 Å². The number of piperazine rings is 1. The number of hydrogen-bond acceptors (Lipinski definition) is 5. The molecule has 0 aromatic heterocycles. The maximum atomic E-state index is 12.3. The highest BCUT2D eigenvalue weighted by molar-refractivity contribution is 5.81. The van der Waals surface area contributed by atoms with Crippen molar-refractivity contribution in [2.24, 2.45) is 0 Å². The quantitative estimate of drug-likeness (QED) is 0.659. The van der Waals surface area contributed by atoms with Crippen molar-refractivity contribution < 1.29 is 14.3 Å². The van der Waals surface area contributed by atoms with E-state index in [1.807, 2.05) is 6.92 Å². The lowest BCUT2D eigenvalue weighted by Crippen LogP contribution is -2.55. The molecule has 0 aromatic rings. The molecule has 7 heteroatoms. The number of nitrogens with zero attached hydrogens (tertiary/aromatic N) is 2. The molecule has 136 valence electrons. The summed E-state index contributed by atoms with van der Waals surface area (Å²) in [5.74, 6) is 0.207. The second-order valence-corrected chi connectivity index (χ2v) is 7.21. The van der Waals surface area contributed by atoms with Crippen LogP contribution in [0, 0.1) is 0 Å². The Bertz CT molecular complexity index is 441. The summed E-state index contributed by atoms with van der Waals surface area (Å²) in [6.45, 7) is 7.18. The molecule has 2 unspecified atom stereocenters. The molecule has 2 aliphatic heterocycles. The van der Waals surface area contributed by atoms with Gasteiger partial charge in [0.15, 0.2) is 0 Å². The Balaban J connectivity index is 1.33. The molecule has 1 aliphatic carbocycles. The highest BCUT2D eigenvalue weighted by Crippen LogP contribution is 2.18. The predicted octanol–water partition coefficient (Wildman–Crippen LogP) is -0.434. The number of ether oxygens (including phenoxy) is 1. The number of nitrogens with one attached hydrogen (secondary N) is 2. The van der Waals surface area contributed by atoms with E-state index in [4.69, 9.17) is 4.74 Å². The second kappa shape index (κ2) is 8.27. The topological polar surface area (TPSA) is 73.9 Å². The van der Waals surface area contributed by atoms with Gasteiger partial charge in [-0.3, -0.25) is 19.4 Å². The van der Waals surface area contributed by atoms with Crippen LogP contribution < -0.4 is 10.6 Å². The summed E-state index contributed by atoms with van der Waals surface area (Å²) in [4.78, 5) is 28.5. The third kappa shape index (κ3) is 5.16. The van der Waals surface area contributed by atoms with Crippen molar-refractivity contribution >= 4 is 11.8 Å². The Labute approximate surface area is 144 Å². The summed E-state index contributed by atoms with van der Waals surface area (Å²) in [6, 6.07) is 0.292. The maximum Gasteiger partial charge on any atom is 0.237 e. The molecule has 2 heterocycles. The molecule has 3 fully saturated rings. The first kappa shape index (κ1) is 17.6. The van der Waals surface area contributed by atoms with Gasteiger partial charge in [0.2, 0.25) is 11.8 Å². The molecule has 1 saturated carbocycles. The first-order valence-corrected chi connectivity index (χ1v) is 9.27. The van der Waals surface area contributed by atoms with Crippen molar-refractivity contribution in [1.82, 2.24) is 20.4 Å². The van der Waals surface area contributed by atoms with Crippen molar-refractivity contribution in [2.45, 2.75) is 50.8 Å². The molecule has 2 atom stereocenters. The highest BCUT2D eigenvalue weighted by Gasteiger charge is 2.28. The van der Waals surface area contributed by atoms with E-state index in [1.54, 1.807) is 0 Å². The molecule has 0 radical (unpaired) electrons. The van der Waals surface area contributed by atoms with Crippen molar-refractivity contribution in [3.05, 3.63) is 0 Å². The van der Waals surface area contributed by atoms with Crippen molar-refractivity contribution in [1.29, 1.82) is 0 Å². The minimum Gasteiger partial charge on any atom is -0.376 e. The van der Waals surface area contributed by atoms with Gasteiger partial charge in [0.1, 0.15) is 0 Å². The molecular formula is C17H30N4O3. The van der Waals surface area contributed by atoms with Crippen LogP contribution in [0.2, 0.25) is 0 Å². The fourth-order valence-corrected chi connectivity index (χ4v) is 3.35. The summed E-state index contributed by atoms with van der Waals surface area (Å²) in [5.41, 5.74) is 0. The van der Waals surface area contributed by atoms with E-state index in [0.29, 0.717) is 19.1 Å². The van der Waals surface area contributed by atoms with Crippen molar-refractivity contribution in [3.8, 4) is 0 Å². The number of amides is 2. The third-order valence-electron chi connectivity index (χ3n) is 5.17. The smallest absolute Gasteiger partial charge is 0.237 e. The molecule has 24 heavy (non-hydrogen) atoms. The Kier molecular flexibility index (Phi) is 6.08. The summed E-state index contributed by atoms with van der Waals surface area (Å²) in [5, 5.41) is 6.04. The van der Waals surface area contributed by atoms with Crippen LogP contribution in [0.4, 0.5) is 0 Å². The van der Waals surface area contributed by atoms with Crippen LogP contribution in [0.5, 0.6) is 0 Å². The van der Waals surface area contributed by atoms with Gasteiger partial charge in [-0.1, -0.05) is 0 Å². The molecule has 0 spiro atoms. The second-order valence-electron chi connectivity index (χ2n) is 7.21. The Morgan fingerprint density at radius 3 is 2.54 bits per heavy atom. The van der Waals surface area contributed by atoms with Gasteiger partial charge in [-0.2, -0.15) is 0 Å². The van der Waals surface area contributed by atoms with Crippen LogP contribution >= 0.6 is 0 Å². The van der Waals surface area contributed by atoms with E-state index < -0.39 is 0 Å². The average molecular weight is 338 g/mol. The van der Waals surface area contributed by atoms with Crippen LogP contribution in [-0.4, -0.2) is 85.7 Å². The van der Waals surface area contributed by atoms with Crippen molar-refractivity contribution in [2.75, 3.05) is 45.9 Å². The largest absolute Gasteiger partial charge is 0.376 e. The van der Waals surface area contributed by atoms with E-state index in [-0.39, 0.29) is 24.0 Å². The van der Waals surface area contributed by atoms with Gasteiger partial charge in [-0.05, 0) is 32.6 Å². The normalized spacial score (nSPS) is 27.0. The molecule has 7 nitrogen and oxygen atoms in total. The molecule has 0 bridgehead atoms. The monoisotopic (exact) mass is 338 g/mol. The predicted molar refractivity (Wildman–Crippen MR) is 90.6 cm³/mol. The van der Waals surface area contributed by atoms with Crippen LogP contribution in [-0.2, 0) is 14.3 Å². The molecular weight excluding hydrogens is 308 g/mol. The van der Waals surface area contributed by atoms with Gasteiger partial charge in [-0.25, -0.2) is 0 Å². The summed E-state index contributed by atoms with van der Waals surface area (Å²) in [7, 11) is 0. The maximum absolute atomic E-state index is 12.3. The number of rotatable bonds is 7. The lowest BCUT2D eigenvalue weighted by atomic mass is 10.2. The molecule has 2 saturated heterocycles. The van der Waals surface area contributed by atoms with E-state index >= 15 is 0 Å². The van der Waals surface area contributed by atoms with Gasteiger partial charge in [0, 0.05) is 45.4 Å². The first-order valence-electron chi connectivity index (χ1n) is 9.27.